The van der Waals surface area contributed by atoms with Crippen LogP contribution < -0.4 is 0 Å². The van der Waals surface area contributed by atoms with Crippen LogP contribution in [0.15, 0.2) is 10.7 Å². The summed E-state index contributed by atoms with van der Waals surface area (Å²) in [4.78, 5) is 4.57. The van der Waals surface area contributed by atoms with E-state index in [4.69, 9.17) is 9.26 Å². The topological polar surface area (TPSA) is 78.9 Å². The second-order valence-electron chi connectivity index (χ2n) is 7.71. The second-order valence-corrected chi connectivity index (χ2v) is 7.71. The van der Waals surface area contributed by atoms with Crippen LogP contribution in [-0.2, 0) is 11.3 Å². The Balaban J connectivity index is 1.47. The molecule has 7 heteroatoms. The lowest BCUT2D eigenvalue weighted by molar-refractivity contribution is 0.0193. The van der Waals surface area contributed by atoms with Crippen LogP contribution in [0.4, 0.5) is 0 Å². The Morgan fingerprint density at radius 2 is 2.09 bits per heavy atom. The zero-order valence-electron chi connectivity index (χ0n) is 13.9. The fourth-order valence-corrected chi connectivity index (χ4v) is 3.29. The molecule has 1 aliphatic carbocycles. The minimum absolute atomic E-state index is 0.0625. The van der Waals surface area contributed by atoms with Crippen molar-refractivity contribution < 1.29 is 9.26 Å². The Morgan fingerprint density at radius 1 is 1.26 bits per heavy atom. The molecule has 2 aromatic rings. The Kier molecular flexibility index (Phi) is 3.48. The van der Waals surface area contributed by atoms with Crippen molar-refractivity contribution in [1.82, 2.24) is 25.1 Å². The molecule has 2 aromatic heterocycles. The van der Waals surface area contributed by atoms with Crippen molar-refractivity contribution in [3.05, 3.63) is 23.6 Å². The van der Waals surface area contributed by atoms with Crippen molar-refractivity contribution in [2.45, 2.75) is 64.5 Å². The predicted octanol–water partition coefficient (Wildman–Crippen LogP) is 2.51. The highest BCUT2D eigenvalue weighted by Gasteiger charge is 2.40. The molecule has 1 saturated carbocycles. The fourth-order valence-electron chi connectivity index (χ4n) is 3.29. The largest absolute Gasteiger partial charge is 0.377 e. The maximum absolute atomic E-state index is 5.90. The number of rotatable bonds is 4. The zero-order chi connectivity index (χ0) is 16.0. The fraction of sp³-hybridized carbons (Fsp3) is 0.750. The van der Waals surface area contributed by atoms with E-state index < -0.39 is 0 Å². The Labute approximate surface area is 135 Å². The molecule has 0 unspecified atom stereocenters. The lowest BCUT2D eigenvalue weighted by Gasteiger charge is -2.29. The minimum Gasteiger partial charge on any atom is -0.377 e. The summed E-state index contributed by atoms with van der Waals surface area (Å²) < 4.78 is 13.1. The van der Waals surface area contributed by atoms with Gasteiger partial charge < -0.3 is 9.26 Å². The molecule has 0 amide bonds. The van der Waals surface area contributed by atoms with Crippen molar-refractivity contribution in [1.29, 1.82) is 0 Å². The molecule has 23 heavy (non-hydrogen) atoms. The van der Waals surface area contributed by atoms with Gasteiger partial charge in [0.05, 0.1) is 17.7 Å². The Hall–Kier alpha value is -1.76. The van der Waals surface area contributed by atoms with E-state index in [-0.39, 0.29) is 17.4 Å². The smallest absolute Gasteiger partial charge is 0.248 e. The summed E-state index contributed by atoms with van der Waals surface area (Å²) in [5, 5.41) is 12.5. The highest BCUT2D eigenvalue weighted by atomic mass is 16.5. The monoisotopic (exact) mass is 317 g/mol. The van der Waals surface area contributed by atoms with Crippen molar-refractivity contribution in [3.8, 4) is 0 Å². The van der Waals surface area contributed by atoms with Crippen molar-refractivity contribution in [2.75, 3.05) is 6.61 Å². The van der Waals surface area contributed by atoms with Gasteiger partial charge >= 0.3 is 0 Å². The van der Waals surface area contributed by atoms with E-state index in [2.05, 4.69) is 41.2 Å². The van der Waals surface area contributed by atoms with Gasteiger partial charge in [0, 0.05) is 18.7 Å². The molecular weight excluding hydrogens is 294 g/mol. The summed E-state index contributed by atoms with van der Waals surface area (Å²) in [6.07, 6.45) is 5.49. The zero-order valence-corrected chi connectivity index (χ0v) is 13.9. The molecule has 2 aliphatic rings. The van der Waals surface area contributed by atoms with Crippen LogP contribution in [0.2, 0.25) is 0 Å². The Bertz CT molecular complexity index is 683. The molecule has 2 atom stereocenters. The van der Waals surface area contributed by atoms with E-state index in [1.807, 2.05) is 6.20 Å². The van der Waals surface area contributed by atoms with E-state index in [1.54, 1.807) is 4.68 Å². The summed E-state index contributed by atoms with van der Waals surface area (Å²) in [5.41, 5.74) is 1.13. The normalized spacial score (nSPS) is 25.2. The van der Waals surface area contributed by atoms with E-state index in [0.717, 1.165) is 24.5 Å². The first-order valence-corrected chi connectivity index (χ1v) is 8.35. The lowest BCUT2D eigenvalue weighted by Crippen LogP contribution is -2.30. The third kappa shape index (κ3) is 3.02. The summed E-state index contributed by atoms with van der Waals surface area (Å²) in [5.74, 6) is 2.13. The highest BCUT2D eigenvalue weighted by molar-refractivity contribution is 5.09. The van der Waals surface area contributed by atoms with Crippen LogP contribution >= 0.6 is 0 Å². The minimum atomic E-state index is 0.0625. The van der Waals surface area contributed by atoms with Crippen LogP contribution in [0.1, 0.15) is 69.3 Å². The molecule has 124 valence electrons. The van der Waals surface area contributed by atoms with Crippen LogP contribution in [0.5, 0.6) is 0 Å². The average Bonchev–Trinajstić information content (AvgIpc) is 2.95. The molecule has 1 aliphatic heterocycles. The molecule has 2 fully saturated rings. The summed E-state index contributed by atoms with van der Waals surface area (Å²) in [7, 11) is 0. The van der Waals surface area contributed by atoms with Gasteiger partial charge in [-0.15, -0.1) is 5.10 Å². The van der Waals surface area contributed by atoms with E-state index in [9.17, 15) is 0 Å². The van der Waals surface area contributed by atoms with Crippen LogP contribution in [-0.4, -0.2) is 37.8 Å². The average molecular weight is 317 g/mol. The van der Waals surface area contributed by atoms with Gasteiger partial charge in [-0.2, -0.15) is 4.98 Å². The Morgan fingerprint density at radius 3 is 2.83 bits per heavy atom. The van der Waals surface area contributed by atoms with Gasteiger partial charge in [0.25, 0.3) is 0 Å². The van der Waals surface area contributed by atoms with Gasteiger partial charge in [-0.3, -0.25) is 0 Å². The van der Waals surface area contributed by atoms with E-state index in [1.165, 1.54) is 12.8 Å². The number of nitrogens with zero attached hydrogens (tertiary/aromatic N) is 5. The van der Waals surface area contributed by atoms with Crippen LogP contribution in [0, 0.1) is 5.41 Å². The van der Waals surface area contributed by atoms with Crippen molar-refractivity contribution in [3.63, 3.8) is 0 Å². The molecule has 0 N–H and O–H groups in total. The molecule has 1 saturated heterocycles. The predicted molar refractivity (Wildman–Crippen MR) is 82.0 cm³/mol. The standard InChI is InChI=1S/C16H23N5O2/c1-16(2,3)14-11(6-7-22-14)15-17-13(23-19-15)9-21-8-12(18-20-21)10-4-5-10/h8,10-11,14H,4-7,9H2,1-3H3/t11-,14-/m0/s1. The first-order chi connectivity index (χ1) is 11.0. The maximum Gasteiger partial charge on any atom is 0.248 e. The molecule has 0 spiro atoms. The third-order valence-electron chi connectivity index (χ3n) is 4.61. The van der Waals surface area contributed by atoms with Crippen LogP contribution in [0.25, 0.3) is 0 Å². The molecular formula is C16H23N5O2. The SMILES string of the molecule is CC(C)(C)[C@H]1OCC[C@@H]1c1noc(Cn2cc(C3CC3)nn2)n1. The summed E-state index contributed by atoms with van der Waals surface area (Å²) in [6.45, 7) is 7.79. The van der Waals surface area contributed by atoms with Crippen molar-refractivity contribution in [2.24, 2.45) is 5.41 Å². The first-order valence-electron chi connectivity index (χ1n) is 8.35. The number of hydrogen-bond donors (Lipinski definition) is 0. The van der Waals surface area contributed by atoms with E-state index in [0.29, 0.717) is 18.4 Å². The molecule has 0 aromatic carbocycles. The van der Waals surface area contributed by atoms with Crippen molar-refractivity contribution >= 4 is 0 Å². The van der Waals surface area contributed by atoms with Gasteiger partial charge in [0.15, 0.2) is 5.82 Å². The number of hydrogen-bond acceptors (Lipinski definition) is 6. The van der Waals surface area contributed by atoms with E-state index >= 15 is 0 Å². The van der Waals surface area contributed by atoms with Gasteiger partial charge in [-0.05, 0) is 24.7 Å². The second kappa shape index (κ2) is 5.40. The quantitative estimate of drug-likeness (QED) is 0.862. The van der Waals surface area contributed by atoms with Crippen LogP contribution in [0.3, 0.4) is 0 Å². The molecule has 0 bridgehead atoms. The highest BCUT2D eigenvalue weighted by Crippen LogP contribution is 2.40. The van der Waals surface area contributed by atoms with Gasteiger partial charge in [-0.25, -0.2) is 4.68 Å². The molecule has 7 nitrogen and oxygen atoms in total. The van der Waals surface area contributed by atoms with Gasteiger partial charge in [0.1, 0.15) is 6.54 Å². The molecule has 3 heterocycles. The lowest BCUT2D eigenvalue weighted by atomic mass is 9.81. The van der Waals surface area contributed by atoms with Gasteiger partial charge in [0.2, 0.25) is 5.89 Å². The molecule has 4 rings (SSSR count). The summed E-state index contributed by atoms with van der Waals surface area (Å²) in [6, 6.07) is 0. The summed E-state index contributed by atoms with van der Waals surface area (Å²) >= 11 is 0. The van der Waals surface area contributed by atoms with Gasteiger partial charge in [-0.1, -0.05) is 31.1 Å². The number of ether oxygens (including phenoxy) is 1. The molecule has 0 radical (unpaired) electrons. The maximum atomic E-state index is 5.90. The number of aromatic nitrogens is 5. The first kappa shape index (κ1) is 14.8. The third-order valence-corrected chi connectivity index (χ3v) is 4.61.